The highest BCUT2D eigenvalue weighted by Crippen LogP contribution is 2.17. The van der Waals surface area contributed by atoms with E-state index in [1.165, 1.54) is 13.2 Å². The molecule has 0 amide bonds. The van der Waals surface area contributed by atoms with Gasteiger partial charge in [-0.3, -0.25) is 4.79 Å². The van der Waals surface area contributed by atoms with E-state index < -0.39 is 0 Å². The second-order valence-electron chi connectivity index (χ2n) is 4.03. The maximum atomic E-state index is 13.1. The van der Waals surface area contributed by atoms with Crippen LogP contribution in [0.3, 0.4) is 0 Å². The summed E-state index contributed by atoms with van der Waals surface area (Å²) in [6.45, 7) is 2.47. The highest BCUT2D eigenvalue weighted by molar-refractivity contribution is 5.69. The first kappa shape index (κ1) is 13.5. The van der Waals surface area contributed by atoms with Gasteiger partial charge in [-0.15, -0.1) is 0 Å². The van der Waals surface area contributed by atoms with Crippen molar-refractivity contribution in [3.8, 4) is 0 Å². The maximum Gasteiger partial charge on any atom is 0.305 e. The number of halogens is 1. The molecule has 3 nitrogen and oxygen atoms in total. The summed E-state index contributed by atoms with van der Waals surface area (Å²) in [6.07, 6.45) is 1.13. The summed E-state index contributed by atoms with van der Waals surface area (Å²) in [5.41, 5.74) is 1.58. The zero-order valence-corrected chi connectivity index (χ0v) is 10.5. The van der Waals surface area contributed by atoms with Crippen LogP contribution in [0.5, 0.6) is 0 Å². The molecule has 17 heavy (non-hydrogen) atoms. The molecule has 0 N–H and O–H groups in total. The van der Waals surface area contributed by atoms with Gasteiger partial charge in [0.2, 0.25) is 0 Å². The van der Waals surface area contributed by atoms with Gasteiger partial charge < -0.3 is 9.64 Å². The second-order valence-corrected chi connectivity index (χ2v) is 4.03. The largest absolute Gasteiger partial charge is 0.469 e. The third kappa shape index (κ3) is 4.06. The predicted octanol–water partition coefficient (Wildman–Crippen LogP) is 2.52. The molecule has 0 aromatic heterocycles. The van der Waals surface area contributed by atoms with Crippen molar-refractivity contribution in [2.24, 2.45) is 0 Å². The number of rotatable bonds is 5. The minimum Gasteiger partial charge on any atom is -0.469 e. The molecular weight excluding hydrogens is 221 g/mol. The van der Waals surface area contributed by atoms with Crippen LogP contribution in [0.15, 0.2) is 18.2 Å². The summed E-state index contributed by atoms with van der Waals surface area (Å²) in [6, 6.07) is 5.00. The van der Waals surface area contributed by atoms with Crippen molar-refractivity contribution in [1.82, 2.24) is 0 Å². The molecule has 1 rings (SSSR count). The number of esters is 1. The Morgan fingerprint density at radius 2 is 2.18 bits per heavy atom. The number of benzene rings is 1. The third-order valence-corrected chi connectivity index (χ3v) is 2.68. The number of anilines is 1. The molecule has 0 atom stereocenters. The Morgan fingerprint density at radius 3 is 2.76 bits per heavy atom. The van der Waals surface area contributed by atoms with Gasteiger partial charge in [-0.2, -0.15) is 0 Å². The summed E-state index contributed by atoms with van der Waals surface area (Å²) in [5, 5.41) is 0. The third-order valence-electron chi connectivity index (χ3n) is 2.68. The normalized spacial score (nSPS) is 10.1. The van der Waals surface area contributed by atoms with Crippen molar-refractivity contribution in [3.05, 3.63) is 29.6 Å². The number of ether oxygens (including phenoxy) is 1. The fourth-order valence-corrected chi connectivity index (χ4v) is 1.56. The van der Waals surface area contributed by atoms with E-state index in [-0.39, 0.29) is 11.8 Å². The summed E-state index contributed by atoms with van der Waals surface area (Å²) >= 11 is 0. The van der Waals surface area contributed by atoms with Crippen molar-refractivity contribution in [2.45, 2.75) is 19.8 Å². The summed E-state index contributed by atoms with van der Waals surface area (Å²) in [5.74, 6) is -0.398. The lowest BCUT2D eigenvalue weighted by Gasteiger charge is -2.19. The summed E-state index contributed by atoms with van der Waals surface area (Å²) in [7, 11) is 3.30. The van der Waals surface area contributed by atoms with Crippen molar-refractivity contribution >= 4 is 11.7 Å². The number of hydrogen-bond acceptors (Lipinski definition) is 3. The topological polar surface area (TPSA) is 29.5 Å². The first-order valence-corrected chi connectivity index (χ1v) is 5.58. The van der Waals surface area contributed by atoms with E-state index in [1.807, 2.05) is 11.9 Å². The lowest BCUT2D eigenvalue weighted by Crippen LogP contribution is -2.19. The number of nitrogens with zero attached hydrogens (tertiary/aromatic N) is 1. The van der Waals surface area contributed by atoms with Gasteiger partial charge in [0.15, 0.2) is 0 Å². The number of methoxy groups -OCH3 is 1. The Kier molecular flexibility index (Phi) is 4.94. The van der Waals surface area contributed by atoms with Crippen LogP contribution in [-0.2, 0) is 9.53 Å². The van der Waals surface area contributed by atoms with Crippen LogP contribution < -0.4 is 4.90 Å². The van der Waals surface area contributed by atoms with Gasteiger partial charge in [-0.25, -0.2) is 4.39 Å². The molecule has 0 heterocycles. The molecule has 0 fully saturated rings. The van der Waals surface area contributed by atoms with Gasteiger partial charge in [-0.05, 0) is 37.1 Å². The molecule has 0 aliphatic carbocycles. The monoisotopic (exact) mass is 239 g/mol. The Hall–Kier alpha value is -1.58. The van der Waals surface area contributed by atoms with Crippen LogP contribution in [0.25, 0.3) is 0 Å². The fourth-order valence-electron chi connectivity index (χ4n) is 1.56. The minimum absolute atomic E-state index is 0.197. The molecule has 1 aromatic carbocycles. The van der Waals surface area contributed by atoms with E-state index in [1.54, 1.807) is 19.1 Å². The van der Waals surface area contributed by atoms with E-state index in [0.29, 0.717) is 12.0 Å². The maximum absolute atomic E-state index is 13.1. The molecule has 0 unspecified atom stereocenters. The standard InChI is InChI=1S/C13H18FNO2/c1-10-9-11(6-7-12(10)14)15(2)8-4-5-13(16)17-3/h6-7,9H,4-5,8H2,1-3H3. The minimum atomic E-state index is -0.200. The predicted molar refractivity (Wildman–Crippen MR) is 65.7 cm³/mol. The molecule has 0 bridgehead atoms. The lowest BCUT2D eigenvalue weighted by atomic mass is 10.2. The molecule has 0 saturated carbocycles. The molecule has 0 aliphatic heterocycles. The molecule has 0 spiro atoms. The molecule has 4 heteroatoms. The molecule has 0 aliphatic rings. The summed E-state index contributed by atoms with van der Waals surface area (Å²) in [4.78, 5) is 12.9. The van der Waals surface area contributed by atoms with E-state index in [2.05, 4.69) is 4.74 Å². The molecule has 94 valence electrons. The molecule has 0 radical (unpaired) electrons. The zero-order valence-electron chi connectivity index (χ0n) is 10.5. The first-order valence-electron chi connectivity index (χ1n) is 5.58. The molecule has 1 aromatic rings. The quantitative estimate of drug-likeness (QED) is 0.739. The Bertz CT molecular complexity index is 393. The van der Waals surface area contributed by atoms with E-state index in [9.17, 15) is 9.18 Å². The lowest BCUT2D eigenvalue weighted by molar-refractivity contribution is -0.140. The number of aryl methyl sites for hydroxylation is 1. The Balaban J connectivity index is 2.49. The van der Waals surface area contributed by atoms with E-state index in [4.69, 9.17) is 0 Å². The van der Waals surface area contributed by atoms with Crippen molar-refractivity contribution in [1.29, 1.82) is 0 Å². The van der Waals surface area contributed by atoms with Crippen LogP contribution in [0.4, 0.5) is 10.1 Å². The smallest absolute Gasteiger partial charge is 0.305 e. The van der Waals surface area contributed by atoms with E-state index >= 15 is 0 Å². The van der Waals surface area contributed by atoms with Gasteiger partial charge in [0.25, 0.3) is 0 Å². The Morgan fingerprint density at radius 1 is 1.47 bits per heavy atom. The number of carbonyl (C=O) groups is 1. The fraction of sp³-hybridized carbons (Fsp3) is 0.462. The zero-order chi connectivity index (χ0) is 12.8. The average Bonchev–Trinajstić information content (AvgIpc) is 2.32. The van der Waals surface area contributed by atoms with Crippen molar-refractivity contribution in [3.63, 3.8) is 0 Å². The van der Waals surface area contributed by atoms with Gasteiger partial charge in [0.1, 0.15) is 5.82 Å². The Labute approximate surface area is 101 Å². The van der Waals surface area contributed by atoms with Crippen molar-refractivity contribution < 1.29 is 13.9 Å². The highest BCUT2D eigenvalue weighted by atomic mass is 19.1. The van der Waals surface area contributed by atoms with Gasteiger partial charge in [0.05, 0.1) is 7.11 Å². The SMILES string of the molecule is COC(=O)CCCN(C)c1ccc(F)c(C)c1. The molecular formula is C13H18FNO2. The van der Waals surface area contributed by atoms with Crippen LogP contribution in [-0.4, -0.2) is 26.7 Å². The number of carbonyl (C=O) groups excluding carboxylic acids is 1. The van der Waals surface area contributed by atoms with E-state index in [0.717, 1.165) is 18.7 Å². The number of hydrogen-bond donors (Lipinski definition) is 0. The highest BCUT2D eigenvalue weighted by Gasteiger charge is 2.05. The van der Waals surface area contributed by atoms with Crippen LogP contribution in [0, 0.1) is 12.7 Å². The summed E-state index contributed by atoms with van der Waals surface area (Å²) < 4.78 is 17.7. The van der Waals surface area contributed by atoms with Crippen molar-refractivity contribution in [2.75, 3.05) is 25.6 Å². The molecule has 0 saturated heterocycles. The second kappa shape index (κ2) is 6.23. The van der Waals surface area contributed by atoms with Crippen LogP contribution in [0.2, 0.25) is 0 Å². The van der Waals surface area contributed by atoms with Crippen LogP contribution in [0.1, 0.15) is 18.4 Å². The van der Waals surface area contributed by atoms with Crippen LogP contribution >= 0.6 is 0 Å². The van der Waals surface area contributed by atoms with Gasteiger partial charge in [-0.1, -0.05) is 0 Å². The average molecular weight is 239 g/mol. The first-order chi connectivity index (χ1) is 8.04. The van der Waals surface area contributed by atoms with Gasteiger partial charge in [0, 0.05) is 25.7 Å². The van der Waals surface area contributed by atoms with Gasteiger partial charge >= 0.3 is 5.97 Å².